The van der Waals surface area contributed by atoms with Crippen LogP contribution in [0.2, 0.25) is 0 Å². The van der Waals surface area contributed by atoms with Gasteiger partial charge >= 0.3 is 0 Å². The molecule has 92 valence electrons. The van der Waals surface area contributed by atoms with Crippen molar-refractivity contribution in [2.24, 2.45) is 0 Å². The fraction of sp³-hybridized carbons (Fsp3) is 0.214. The maximum Gasteiger partial charge on any atom is 0.129 e. The maximum atomic E-state index is 13.7. The molecular formula is C14H13FN2S. The van der Waals surface area contributed by atoms with Gasteiger partial charge in [-0.2, -0.15) is 16.6 Å². The van der Waals surface area contributed by atoms with Crippen LogP contribution in [0.5, 0.6) is 0 Å². The van der Waals surface area contributed by atoms with Gasteiger partial charge in [-0.3, -0.25) is 4.90 Å². The van der Waals surface area contributed by atoms with E-state index < -0.39 is 0 Å². The molecule has 0 fully saturated rings. The third-order valence-electron chi connectivity index (χ3n) is 2.66. The van der Waals surface area contributed by atoms with Crippen LogP contribution in [0.25, 0.3) is 0 Å². The number of benzene rings is 1. The van der Waals surface area contributed by atoms with E-state index >= 15 is 0 Å². The molecule has 0 atom stereocenters. The Morgan fingerprint density at radius 1 is 1.33 bits per heavy atom. The van der Waals surface area contributed by atoms with Crippen molar-refractivity contribution in [3.05, 3.63) is 57.5 Å². The van der Waals surface area contributed by atoms with Gasteiger partial charge in [0, 0.05) is 18.7 Å². The molecule has 0 aliphatic rings. The molecule has 0 N–H and O–H groups in total. The Kier molecular flexibility index (Phi) is 4.08. The van der Waals surface area contributed by atoms with Crippen LogP contribution in [-0.2, 0) is 13.1 Å². The van der Waals surface area contributed by atoms with Gasteiger partial charge < -0.3 is 0 Å². The molecule has 0 radical (unpaired) electrons. The topological polar surface area (TPSA) is 27.0 Å². The third kappa shape index (κ3) is 3.16. The summed E-state index contributed by atoms with van der Waals surface area (Å²) in [6.07, 6.45) is 0. The summed E-state index contributed by atoms with van der Waals surface area (Å²) in [5, 5.41) is 12.8. The summed E-state index contributed by atoms with van der Waals surface area (Å²) in [5.74, 6) is -0.314. The Bertz CT molecular complexity index is 558. The van der Waals surface area contributed by atoms with Crippen molar-refractivity contribution < 1.29 is 4.39 Å². The minimum absolute atomic E-state index is 0.314. The number of halogens is 1. The predicted octanol–water partition coefficient (Wildman–Crippen LogP) is 3.39. The van der Waals surface area contributed by atoms with Gasteiger partial charge in [-0.05, 0) is 41.6 Å². The summed E-state index contributed by atoms with van der Waals surface area (Å²) in [5.41, 5.74) is 2.21. The number of hydrogen-bond donors (Lipinski definition) is 0. The van der Waals surface area contributed by atoms with Gasteiger partial charge in [-0.15, -0.1) is 0 Å². The maximum absolute atomic E-state index is 13.7. The van der Waals surface area contributed by atoms with Crippen LogP contribution in [0.15, 0.2) is 35.0 Å². The SMILES string of the molecule is CN(Cc1ccsc1)Cc1ccc(C#N)cc1F. The molecule has 18 heavy (non-hydrogen) atoms. The Hall–Kier alpha value is -1.70. The molecule has 0 amide bonds. The highest BCUT2D eigenvalue weighted by molar-refractivity contribution is 7.07. The lowest BCUT2D eigenvalue weighted by Crippen LogP contribution is -2.17. The highest BCUT2D eigenvalue weighted by Gasteiger charge is 2.07. The zero-order valence-electron chi connectivity index (χ0n) is 10.1. The van der Waals surface area contributed by atoms with E-state index in [2.05, 4.69) is 11.4 Å². The number of hydrogen-bond acceptors (Lipinski definition) is 3. The largest absolute Gasteiger partial charge is 0.298 e. The molecule has 1 heterocycles. The summed E-state index contributed by atoms with van der Waals surface area (Å²) in [6, 6.07) is 8.61. The average molecular weight is 260 g/mol. The van der Waals surface area contributed by atoms with Gasteiger partial charge in [0.05, 0.1) is 11.6 Å². The van der Waals surface area contributed by atoms with Crippen molar-refractivity contribution in [1.29, 1.82) is 5.26 Å². The summed E-state index contributed by atoms with van der Waals surface area (Å²) >= 11 is 1.66. The summed E-state index contributed by atoms with van der Waals surface area (Å²) in [7, 11) is 1.95. The van der Waals surface area contributed by atoms with Crippen LogP contribution in [0.1, 0.15) is 16.7 Å². The monoisotopic (exact) mass is 260 g/mol. The Labute approximate surface area is 110 Å². The van der Waals surface area contributed by atoms with Gasteiger partial charge in [-0.25, -0.2) is 4.39 Å². The minimum Gasteiger partial charge on any atom is -0.298 e. The van der Waals surface area contributed by atoms with Crippen LogP contribution in [0.3, 0.4) is 0 Å². The molecule has 0 unspecified atom stereocenters. The second-order valence-corrected chi connectivity index (χ2v) is 5.00. The summed E-state index contributed by atoms with van der Waals surface area (Å²) in [6.45, 7) is 1.33. The Morgan fingerprint density at radius 2 is 2.17 bits per heavy atom. The van der Waals surface area contributed by atoms with Crippen molar-refractivity contribution >= 4 is 11.3 Å². The fourth-order valence-corrected chi connectivity index (χ4v) is 2.45. The van der Waals surface area contributed by atoms with E-state index in [0.29, 0.717) is 17.7 Å². The van der Waals surface area contributed by atoms with Gasteiger partial charge in [-0.1, -0.05) is 6.07 Å². The van der Waals surface area contributed by atoms with Gasteiger partial charge in [0.1, 0.15) is 5.82 Å². The quantitative estimate of drug-likeness (QED) is 0.842. The summed E-state index contributed by atoms with van der Waals surface area (Å²) < 4.78 is 13.7. The van der Waals surface area contributed by atoms with E-state index in [1.807, 2.05) is 23.4 Å². The van der Waals surface area contributed by atoms with Crippen molar-refractivity contribution in [1.82, 2.24) is 4.90 Å². The molecular weight excluding hydrogens is 247 g/mol. The first-order chi connectivity index (χ1) is 8.69. The molecule has 2 aromatic rings. The standard InChI is InChI=1S/C14H13FN2S/c1-17(8-12-4-5-18-10-12)9-13-3-2-11(7-16)6-14(13)15/h2-6,10H,8-9H2,1H3. The van der Waals surface area contributed by atoms with E-state index in [0.717, 1.165) is 6.54 Å². The van der Waals surface area contributed by atoms with Crippen LogP contribution < -0.4 is 0 Å². The number of thiophene rings is 1. The van der Waals surface area contributed by atoms with Crippen molar-refractivity contribution in [3.8, 4) is 6.07 Å². The second-order valence-electron chi connectivity index (χ2n) is 4.22. The van der Waals surface area contributed by atoms with Crippen molar-refractivity contribution in [2.45, 2.75) is 13.1 Å². The fourth-order valence-electron chi connectivity index (χ4n) is 1.79. The molecule has 2 nitrogen and oxygen atoms in total. The predicted molar refractivity (Wildman–Crippen MR) is 70.6 cm³/mol. The normalized spacial score (nSPS) is 10.6. The average Bonchev–Trinajstić information content (AvgIpc) is 2.84. The second kappa shape index (κ2) is 5.76. The highest BCUT2D eigenvalue weighted by atomic mass is 32.1. The Balaban J connectivity index is 2.03. The summed E-state index contributed by atoms with van der Waals surface area (Å²) in [4.78, 5) is 2.05. The van der Waals surface area contributed by atoms with E-state index in [9.17, 15) is 4.39 Å². The lowest BCUT2D eigenvalue weighted by atomic mass is 10.1. The minimum atomic E-state index is -0.314. The molecule has 1 aromatic carbocycles. The highest BCUT2D eigenvalue weighted by Crippen LogP contribution is 2.14. The molecule has 0 spiro atoms. The van der Waals surface area contributed by atoms with E-state index in [4.69, 9.17) is 5.26 Å². The van der Waals surface area contributed by atoms with E-state index in [-0.39, 0.29) is 5.82 Å². The van der Waals surface area contributed by atoms with Gasteiger partial charge in [0.2, 0.25) is 0 Å². The van der Waals surface area contributed by atoms with E-state index in [1.54, 1.807) is 23.5 Å². The third-order valence-corrected chi connectivity index (χ3v) is 3.39. The first-order valence-electron chi connectivity index (χ1n) is 5.57. The van der Waals surface area contributed by atoms with Crippen LogP contribution in [0, 0.1) is 17.1 Å². The first kappa shape index (κ1) is 12.7. The number of nitrogens with zero attached hydrogens (tertiary/aromatic N) is 2. The zero-order chi connectivity index (χ0) is 13.0. The molecule has 0 aliphatic carbocycles. The zero-order valence-corrected chi connectivity index (χ0v) is 10.9. The smallest absolute Gasteiger partial charge is 0.129 e. The van der Waals surface area contributed by atoms with Crippen LogP contribution in [0.4, 0.5) is 4.39 Å². The first-order valence-corrected chi connectivity index (χ1v) is 6.51. The van der Waals surface area contributed by atoms with Crippen molar-refractivity contribution in [3.63, 3.8) is 0 Å². The van der Waals surface area contributed by atoms with Gasteiger partial charge in [0.25, 0.3) is 0 Å². The lowest BCUT2D eigenvalue weighted by Gasteiger charge is -2.16. The van der Waals surface area contributed by atoms with Crippen LogP contribution >= 0.6 is 11.3 Å². The molecule has 2 rings (SSSR count). The molecule has 0 aliphatic heterocycles. The Morgan fingerprint density at radius 3 is 2.78 bits per heavy atom. The van der Waals surface area contributed by atoms with Crippen molar-refractivity contribution in [2.75, 3.05) is 7.05 Å². The van der Waals surface area contributed by atoms with E-state index in [1.165, 1.54) is 11.6 Å². The number of rotatable bonds is 4. The van der Waals surface area contributed by atoms with Crippen LogP contribution in [-0.4, -0.2) is 11.9 Å². The lowest BCUT2D eigenvalue weighted by molar-refractivity contribution is 0.314. The molecule has 0 saturated heterocycles. The molecule has 4 heteroatoms. The van der Waals surface area contributed by atoms with Gasteiger partial charge in [0.15, 0.2) is 0 Å². The molecule has 0 saturated carbocycles. The number of nitriles is 1. The molecule has 1 aromatic heterocycles. The molecule has 0 bridgehead atoms.